The molecule has 0 bridgehead atoms. The summed E-state index contributed by atoms with van der Waals surface area (Å²) in [4.78, 5) is 21.6. The average molecular weight is 464 g/mol. The van der Waals surface area contributed by atoms with Crippen LogP contribution in [0.2, 0.25) is 0 Å². The van der Waals surface area contributed by atoms with Crippen LogP contribution in [0.4, 0.5) is 4.79 Å². The standard InChI is InChI=1S/C26H33N5O3/c1-4-9-28-25(33)31-17-26(15-30(16-26)13-18-7-10-27-11-8-18)23-20-6-5-19(34-3)12-21(20)29(2)24(23)22(31)14-32/h5-8,10-12,22,32H,4,9,13-17H2,1-3H3,(H,28,33)/t22-/m0/s1. The molecule has 34 heavy (non-hydrogen) atoms. The minimum absolute atomic E-state index is 0.110. The highest BCUT2D eigenvalue weighted by Crippen LogP contribution is 2.49. The van der Waals surface area contributed by atoms with Crippen LogP contribution in [0, 0.1) is 0 Å². The van der Waals surface area contributed by atoms with E-state index in [9.17, 15) is 9.90 Å². The van der Waals surface area contributed by atoms with Crippen molar-refractivity contribution < 1.29 is 14.6 Å². The van der Waals surface area contributed by atoms with Gasteiger partial charge in [-0.25, -0.2) is 4.79 Å². The molecule has 5 rings (SSSR count). The Hall–Kier alpha value is -3.10. The first-order valence-corrected chi connectivity index (χ1v) is 11.9. The zero-order valence-electron chi connectivity index (χ0n) is 20.1. The SMILES string of the molecule is CCCNC(=O)N1CC2(CN(Cc3ccncc3)C2)c2c(n(C)c3cc(OC)ccc23)[C@@H]1CO. The summed E-state index contributed by atoms with van der Waals surface area (Å²) in [6.07, 6.45) is 4.52. The average Bonchev–Trinajstić information content (AvgIpc) is 3.14. The quantitative estimate of drug-likeness (QED) is 0.588. The van der Waals surface area contributed by atoms with Gasteiger partial charge in [-0.15, -0.1) is 0 Å². The molecule has 0 saturated carbocycles. The molecule has 1 atom stereocenters. The van der Waals surface area contributed by atoms with E-state index in [-0.39, 0.29) is 18.1 Å². The fraction of sp³-hybridized carbons (Fsp3) is 0.462. The predicted octanol–water partition coefficient (Wildman–Crippen LogP) is 2.80. The molecule has 0 radical (unpaired) electrons. The summed E-state index contributed by atoms with van der Waals surface area (Å²) in [6.45, 7) is 5.67. The number of urea groups is 1. The van der Waals surface area contributed by atoms with Crippen LogP contribution >= 0.6 is 0 Å². The van der Waals surface area contributed by atoms with Gasteiger partial charge in [0.25, 0.3) is 0 Å². The first-order valence-electron chi connectivity index (χ1n) is 11.9. The zero-order valence-corrected chi connectivity index (χ0v) is 20.1. The number of aliphatic hydroxyl groups excluding tert-OH is 1. The molecule has 180 valence electrons. The number of amides is 2. The molecule has 8 nitrogen and oxygen atoms in total. The largest absolute Gasteiger partial charge is 0.497 e. The molecule has 0 aliphatic carbocycles. The maximum atomic E-state index is 13.2. The molecule has 2 aliphatic rings. The number of nitrogens with zero attached hydrogens (tertiary/aromatic N) is 4. The number of hydrogen-bond acceptors (Lipinski definition) is 5. The van der Waals surface area contributed by atoms with E-state index >= 15 is 0 Å². The van der Waals surface area contributed by atoms with Gasteiger partial charge in [-0.2, -0.15) is 0 Å². The van der Waals surface area contributed by atoms with E-state index in [0.29, 0.717) is 13.1 Å². The zero-order chi connectivity index (χ0) is 23.9. The minimum Gasteiger partial charge on any atom is -0.497 e. The fourth-order valence-corrected chi connectivity index (χ4v) is 5.83. The molecular formula is C26H33N5O3. The van der Waals surface area contributed by atoms with Gasteiger partial charge < -0.3 is 24.6 Å². The summed E-state index contributed by atoms with van der Waals surface area (Å²) < 4.78 is 7.63. The van der Waals surface area contributed by atoms with E-state index in [0.717, 1.165) is 43.0 Å². The molecule has 8 heteroatoms. The predicted molar refractivity (Wildman–Crippen MR) is 131 cm³/mol. The van der Waals surface area contributed by atoms with E-state index in [1.54, 1.807) is 7.11 Å². The van der Waals surface area contributed by atoms with Crippen LogP contribution < -0.4 is 10.1 Å². The third-order valence-electron chi connectivity index (χ3n) is 7.32. The van der Waals surface area contributed by atoms with Gasteiger partial charge in [-0.05, 0) is 41.8 Å². The van der Waals surface area contributed by atoms with Gasteiger partial charge >= 0.3 is 6.03 Å². The minimum atomic E-state index is -0.393. The smallest absolute Gasteiger partial charge is 0.318 e. The van der Waals surface area contributed by atoms with Crippen molar-refractivity contribution in [3.05, 3.63) is 59.5 Å². The van der Waals surface area contributed by atoms with Crippen molar-refractivity contribution in [2.75, 3.05) is 39.9 Å². The van der Waals surface area contributed by atoms with Crippen molar-refractivity contribution in [3.8, 4) is 5.75 Å². The van der Waals surface area contributed by atoms with Gasteiger partial charge in [0.05, 0.1) is 25.3 Å². The second-order valence-corrected chi connectivity index (χ2v) is 9.54. The Labute approximate surface area is 200 Å². The topological polar surface area (TPSA) is 82.9 Å². The number of aliphatic hydroxyl groups is 1. The first kappa shape index (κ1) is 22.7. The van der Waals surface area contributed by atoms with Crippen molar-refractivity contribution in [3.63, 3.8) is 0 Å². The molecule has 1 fully saturated rings. The lowest BCUT2D eigenvalue weighted by molar-refractivity contribution is 0.00551. The summed E-state index contributed by atoms with van der Waals surface area (Å²) in [5, 5.41) is 14.7. The molecule has 2 aliphatic heterocycles. The second-order valence-electron chi connectivity index (χ2n) is 9.54. The Balaban J connectivity index is 1.58. The molecule has 1 aromatic carbocycles. The molecule has 1 saturated heterocycles. The molecular weight excluding hydrogens is 430 g/mol. The van der Waals surface area contributed by atoms with Gasteiger partial charge in [0.15, 0.2) is 0 Å². The van der Waals surface area contributed by atoms with Crippen molar-refractivity contribution >= 4 is 16.9 Å². The number of carbonyl (C=O) groups excluding carboxylic acids is 1. The number of ether oxygens (including phenoxy) is 1. The number of carbonyl (C=O) groups is 1. The Bertz CT molecular complexity index is 1190. The number of pyridine rings is 1. The Morgan fingerprint density at radius 2 is 2.00 bits per heavy atom. The lowest BCUT2D eigenvalue weighted by Crippen LogP contribution is -2.67. The highest BCUT2D eigenvalue weighted by Gasteiger charge is 2.54. The summed E-state index contributed by atoms with van der Waals surface area (Å²) in [6, 6.07) is 9.77. The van der Waals surface area contributed by atoms with Gasteiger partial charge in [0, 0.05) is 74.7 Å². The number of nitrogens with one attached hydrogen (secondary N) is 1. The Morgan fingerprint density at radius 3 is 2.68 bits per heavy atom. The van der Waals surface area contributed by atoms with Crippen molar-refractivity contribution in [1.82, 2.24) is 24.7 Å². The molecule has 2 N–H and O–H groups in total. The second kappa shape index (κ2) is 8.92. The van der Waals surface area contributed by atoms with Gasteiger partial charge in [0.1, 0.15) is 5.75 Å². The molecule has 2 amide bonds. The highest BCUT2D eigenvalue weighted by molar-refractivity contribution is 5.90. The maximum Gasteiger partial charge on any atom is 0.318 e. The molecule has 2 aromatic heterocycles. The van der Waals surface area contributed by atoms with Crippen molar-refractivity contribution in [2.45, 2.75) is 31.3 Å². The molecule has 0 unspecified atom stereocenters. The number of aryl methyl sites for hydroxylation is 1. The third kappa shape index (κ3) is 3.61. The Morgan fingerprint density at radius 1 is 1.24 bits per heavy atom. The lowest BCUT2D eigenvalue weighted by Gasteiger charge is -2.56. The van der Waals surface area contributed by atoms with Crippen LogP contribution in [0.25, 0.3) is 10.9 Å². The number of likely N-dealkylation sites (tertiary alicyclic amines) is 1. The molecule has 4 heterocycles. The van der Waals surface area contributed by atoms with Gasteiger partial charge in [-0.3, -0.25) is 9.88 Å². The van der Waals surface area contributed by atoms with Crippen LogP contribution in [0.5, 0.6) is 5.75 Å². The number of methoxy groups -OCH3 is 1. The Kier molecular flexibility index (Phi) is 5.95. The molecule has 3 aromatic rings. The van der Waals surface area contributed by atoms with Crippen LogP contribution in [0.1, 0.15) is 36.2 Å². The normalized spacial score (nSPS) is 19.2. The summed E-state index contributed by atoms with van der Waals surface area (Å²) in [5.74, 6) is 0.797. The van der Waals surface area contributed by atoms with Crippen LogP contribution in [0.3, 0.4) is 0 Å². The van der Waals surface area contributed by atoms with E-state index in [2.05, 4.69) is 25.8 Å². The van der Waals surface area contributed by atoms with Crippen molar-refractivity contribution in [1.29, 1.82) is 0 Å². The number of fused-ring (bicyclic) bond motifs is 4. The fourth-order valence-electron chi connectivity index (χ4n) is 5.83. The number of hydrogen-bond donors (Lipinski definition) is 2. The van der Waals surface area contributed by atoms with Crippen LogP contribution in [-0.2, 0) is 19.0 Å². The van der Waals surface area contributed by atoms with E-state index in [1.807, 2.05) is 55.5 Å². The first-order chi connectivity index (χ1) is 16.5. The lowest BCUT2D eigenvalue weighted by atomic mass is 9.68. The van der Waals surface area contributed by atoms with E-state index in [4.69, 9.17) is 4.74 Å². The van der Waals surface area contributed by atoms with E-state index in [1.165, 1.54) is 16.5 Å². The van der Waals surface area contributed by atoms with Gasteiger partial charge in [0.2, 0.25) is 0 Å². The third-order valence-corrected chi connectivity index (χ3v) is 7.32. The highest BCUT2D eigenvalue weighted by atomic mass is 16.5. The van der Waals surface area contributed by atoms with Crippen molar-refractivity contribution in [2.24, 2.45) is 7.05 Å². The van der Waals surface area contributed by atoms with E-state index < -0.39 is 6.04 Å². The summed E-state index contributed by atoms with van der Waals surface area (Å²) in [5.41, 5.74) is 4.38. The summed E-state index contributed by atoms with van der Waals surface area (Å²) >= 11 is 0. The van der Waals surface area contributed by atoms with Crippen LogP contribution in [-0.4, -0.2) is 70.4 Å². The number of rotatable bonds is 6. The van der Waals surface area contributed by atoms with Gasteiger partial charge in [-0.1, -0.05) is 6.92 Å². The van der Waals surface area contributed by atoms with Crippen LogP contribution in [0.15, 0.2) is 42.7 Å². The summed E-state index contributed by atoms with van der Waals surface area (Å²) in [7, 11) is 3.70. The number of aromatic nitrogens is 2. The maximum absolute atomic E-state index is 13.2. The monoisotopic (exact) mass is 463 g/mol. The number of benzene rings is 1. The molecule has 1 spiro atoms.